The molecule has 0 bridgehead atoms. The number of aliphatic hydroxyl groups is 1. The first-order valence-electron chi connectivity index (χ1n) is 6.73. The van der Waals surface area contributed by atoms with Gasteiger partial charge in [0.25, 0.3) is 0 Å². The van der Waals surface area contributed by atoms with Crippen molar-refractivity contribution in [2.75, 3.05) is 12.4 Å². The van der Waals surface area contributed by atoms with E-state index in [-0.39, 0.29) is 12.7 Å². The Labute approximate surface area is 122 Å². The van der Waals surface area contributed by atoms with Gasteiger partial charge < -0.3 is 14.4 Å². The third-order valence-corrected chi connectivity index (χ3v) is 4.77. The minimum atomic E-state index is 0.0207. The second-order valence-corrected chi connectivity index (χ2v) is 5.86. The predicted octanol–water partition coefficient (Wildman–Crippen LogP) is 2.32. The molecule has 2 aromatic rings. The number of fused-ring (bicyclic) bond motifs is 1. The highest BCUT2D eigenvalue weighted by atomic mass is 32.2. The number of hydrogen-bond acceptors (Lipinski definition) is 4. The second-order valence-electron chi connectivity index (χ2n) is 4.87. The van der Waals surface area contributed by atoms with Crippen molar-refractivity contribution in [3.63, 3.8) is 0 Å². The Bertz CT molecular complexity index is 597. The summed E-state index contributed by atoms with van der Waals surface area (Å²) in [6.07, 6.45) is 2.84. The molecule has 106 valence electrons. The zero-order valence-corrected chi connectivity index (χ0v) is 12.3. The summed E-state index contributed by atoms with van der Waals surface area (Å²) in [5, 5.41) is 10.1. The van der Waals surface area contributed by atoms with Crippen molar-refractivity contribution in [3.8, 4) is 0 Å². The molecule has 0 aliphatic carbocycles. The van der Waals surface area contributed by atoms with Crippen molar-refractivity contribution in [2.24, 2.45) is 7.05 Å². The maximum atomic E-state index is 9.18. The summed E-state index contributed by atoms with van der Waals surface area (Å²) in [6, 6.07) is 8.48. The zero-order valence-electron chi connectivity index (χ0n) is 11.5. The molecule has 5 heteroatoms. The van der Waals surface area contributed by atoms with Crippen LogP contribution in [0.5, 0.6) is 0 Å². The van der Waals surface area contributed by atoms with Crippen LogP contribution in [0, 0.1) is 0 Å². The Kier molecular flexibility index (Phi) is 4.10. The summed E-state index contributed by atoms with van der Waals surface area (Å²) in [5.41, 5.74) is 3.51. The van der Waals surface area contributed by atoms with Crippen LogP contribution in [0.3, 0.4) is 0 Å². The highest BCUT2D eigenvalue weighted by Gasteiger charge is 2.21. The van der Waals surface area contributed by atoms with E-state index >= 15 is 0 Å². The van der Waals surface area contributed by atoms with Gasteiger partial charge in [-0.2, -0.15) is 0 Å². The molecule has 0 spiro atoms. The van der Waals surface area contributed by atoms with E-state index in [4.69, 9.17) is 4.74 Å². The fourth-order valence-electron chi connectivity index (χ4n) is 2.47. The molecule has 1 atom stereocenters. The molecular formula is C15H18N2O2S. The molecular weight excluding hydrogens is 272 g/mol. The molecule has 1 aliphatic rings. The number of hydrogen-bond donors (Lipinski definition) is 1. The van der Waals surface area contributed by atoms with Gasteiger partial charge in [-0.1, -0.05) is 36.0 Å². The van der Waals surface area contributed by atoms with Gasteiger partial charge in [-0.25, -0.2) is 4.98 Å². The van der Waals surface area contributed by atoms with Crippen LogP contribution in [0.25, 0.3) is 0 Å². The van der Waals surface area contributed by atoms with Crippen LogP contribution in [-0.2, 0) is 24.8 Å². The highest BCUT2D eigenvalue weighted by molar-refractivity contribution is 7.99. The van der Waals surface area contributed by atoms with Crippen molar-refractivity contribution in [1.29, 1.82) is 0 Å². The molecule has 20 heavy (non-hydrogen) atoms. The molecule has 0 radical (unpaired) electrons. The Hall–Kier alpha value is -1.30. The number of rotatable bonds is 4. The Morgan fingerprint density at radius 3 is 3.10 bits per heavy atom. The number of aromatic nitrogens is 2. The lowest BCUT2D eigenvalue weighted by Crippen LogP contribution is -2.18. The fourth-order valence-corrected chi connectivity index (χ4v) is 3.49. The maximum Gasteiger partial charge on any atom is 0.168 e. The molecule has 4 nitrogen and oxygen atoms in total. The highest BCUT2D eigenvalue weighted by Crippen LogP contribution is 2.31. The Morgan fingerprint density at radius 2 is 2.30 bits per heavy atom. The van der Waals surface area contributed by atoms with Crippen LogP contribution in [0.1, 0.15) is 22.9 Å². The molecule has 1 aliphatic heterocycles. The summed E-state index contributed by atoms with van der Waals surface area (Å²) >= 11 is 1.67. The lowest BCUT2D eigenvalue weighted by molar-refractivity contribution is 0.0587. The van der Waals surface area contributed by atoms with Gasteiger partial charge in [0.2, 0.25) is 0 Å². The summed E-state index contributed by atoms with van der Waals surface area (Å²) in [6.45, 7) is 0.803. The Morgan fingerprint density at radius 1 is 1.45 bits per heavy atom. The van der Waals surface area contributed by atoms with Gasteiger partial charge in [-0.3, -0.25) is 0 Å². The molecule has 1 unspecified atom stereocenters. The first kappa shape index (κ1) is 13.7. The zero-order chi connectivity index (χ0) is 13.9. The van der Waals surface area contributed by atoms with Crippen LogP contribution in [0.2, 0.25) is 0 Å². The van der Waals surface area contributed by atoms with Gasteiger partial charge in [-0.15, -0.1) is 0 Å². The minimum Gasteiger partial charge on any atom is -0.390 e. The quantitative estimate of drug-likeness (QED) is 0.878. The molecule has 1 aromatic heterocycles. The van der Waals surface area contributed by atoms with E-state index in [9.17, 15) is 5.11 Å². The van der Waals surface area contributed by atoms with E-state index in [1.807, 2.05) is 11.6 Å². The number of ether oxygens (including phenoxy) is 1. The van der Waals surface area contributed by atoms with E-state index in [1.54, 1.807) is 18.0 Å². The average Bonchev–Trinajstić information content (AvgIpc) is 2.85. The SMILES string of the molecule is Cn1c(CO)cnc1SCC1OCCc2ccccc21. The molecule has 0 fully saturated rings. The van der Waals surface area contributed by atoms with Crippen molar-refractivity contribution in [3.05, 3.63) is 47.3 Å². The molecule has 1 aromatic carbocycles. The summed E-state index contributed by atoms with van der Waals surface area (Å²) in [5.74, 6) is 0.840. The van der Waals surface area contributed by atoms with E-state index in [0.717, 1.165) is 29.6 Å². The van der Waals surface area contributed by atoms with Crippen LogP contribution in [0.4, 0.5) is 0 Å². The van der Waals surface area contributed by atoms with Crippen LogP contribution in [-0.4, -0.2) is 27.0 Å². The van der Waals surface area contributed by atoms with Gasteiger partial charge in [0, 0.05) is 12.8 Å². The largest absolute Gasteiger partial charge is 0.390 e. The number of nitrogens with zero attached hydrogens (tertiary/aromatic N) is 2. The van der Waals surface area contributed by atoms with Gasteiger partial charge in [0.15, 0.2) is 5.16 Å². The van der Waals surface area contributed by atoms with Crippen molar-refractivity contribution >= 4 is 11.8 Å². The molecule has 2 heterocycles. The number of imidazole rings is 1. The summed E-state index contributed by atoms with van der Waals surface area (Å²) in [4.78, 5) is 4.34. The van der Waals surface area contributed by atoms with Gasteiger partial charge in [0.05, 0.1) is 31.2 Å². The minimum absolute atomic E-state index is 0.0207. The van der Waals surface area contributed by atoms with Gasteiger partial charge >= 0.3 is 0 Å². The third-order valence-electron chi connectivity index (χ3n) is 3.66. The molecule has 0 amide bonds. The lowest BCUT2D eigenvalue weighted by Gasteiger charge is -2.25. The van der Waals surface area contributed by atoms with Crippen molar-refractivity contribution in [1.82, 2.24) is 9.55 Å². The topological polar surface area (TPSA) is 47.3 Å². The first-order valence-corrected chi connectivity index (χ1v) is 7.72. The number of thioether (sulfide) groups is 1. The molecule has 0 saturated carbocycles. The monoisotopic (exact) mass is 290 g/mol. The maximum absolute atomic E-state index is 9.18. The first-order chi connectivity index (χ1) is 9.79. The van der Waals surface area contributed by atoms with Gasteiger partial charge in [-0.05, 0) is 17.5 Å². The lowest BCUT2D eigenvalue weighted by atomic mass is 9.99. The Balaban J connectivity index is 1.71. The van der Waals surface area contributed by atoms with Crippen LogP contribution < -0.4 is 0 Å². The van der Waals surface area contributed by atoms with Crippen molar-refractivity contribution < 1.29 is 9.84 Å². The van der Waals surface area contributed by atoms with E-state index in [0.29, 0.717) is 0 Å². The summed E-state index contributed by atoms with van der Waals surface area (Å²) < 4.78 is 7.82. The summed E-state index contributed by atoms with van der Waals surface area (Å²) in [7, 11) is 1.93. The third kappa shape index (κ3) is 2.61. The van der Waals surface area contributed by atoms with E-state index in [1.165, 1.54) is 11.1 Å². The normalized spacial score (nSPS) is 18.0. The van der Waals surface area contributed by atoms with Gasteiger partial charge in [0.1, 0.15) is 0 Å². The molecule has 1 N–H and O–H groups in total. The predicted molar refractivity (Wildman–Crippen MR) is 78.7 cm³/mol. The number of benzene rings is 1. The second kappa shape index (κ2) is 5.99. The van der Waals surface area contributed by atoms with E-state index < -0.39 is 0 Å². The van der Waals surface area contributed by atoms with Crippen LogP contribution >= 0.6 is 11.8 Å². The van der Waals surface area contributed by atoms with Crippen molar-refractivity contribution in [2.45, 2.75) is 24.3 Å². The van der Waals surface area contributed by atoms with Crippen LogP contribution in [0.15, 0.2) is 35.6 Å². The molecule has 3 rings (SSSR count). The smallest absolute Gasteiger partial charge is 0.168 e. The van der Waals surface area contributed by atoms with E-state index in [2.05, 4.69) is 29.2 Å². The molecule has 0 saturated heterocycles. The number of aliphatic hydroxyl groups excluding tert-OH is 1. The fraction of sp³-hybridized carbons (Fsp3) is 0.400. The standard InChI is InChI=1S/C15H18N2O2S/c1-17-12(9-18)8-16-15(17)20-10-14-13-5-3-2-4-11(13)6-7-19-14/h2-5,8,14,18H,6-7,9-10H2,1H3. The average molecular weight is 290 g/mol.